The van der Waals surface area contributed by atoms with E-state index in [-0.39, 0.29) is 33.8 Å². The number of hydrogen-bond acceptors (Lipinski definition) is 7. The predicted molar refractivity (Wildman–Crippen MR) is 86.0 cm³/mol. The number of phenols is 2. The first kappa shape index (κ1) is 15.5. The molecule has 0 saturated carbocycles. The monoisotopic (exact) mass is 330 g/mol. The fourth-order valence-electron chi connectivity index (χ4n) is 2.42. The summed E-state index contributed by atoms with van der Waals surface area (Å²) < 4.78 is 16.1. The van der Waals surface area contributed by atoms with Crippen LogP contribution in [0.2, 0.25) is 0 Å². The Labute approximate surface area is 135 Å². The molecule has 3 aromatic rings. The van der Waals surface area contributed by atoms with Crippen LogP contribution in [-0.2, 0) is 0 Å². The molecular weight excluding hydrogens is 316 g/mol. The summed E-state index contributed by atoms with van der Waals surface area (Å²) in [6, 6.07) is 6.78. The molecule has 7 nitrogen and oxygen atoms in total. The Hall–Kier alpha value is -3.35. The molecule has 0 unspecified atom stereocenters. The summed E-state index contributed by atoms with van der Waals surface area (Å²) in [7, 11) is 2.84. The second-order valence-electron chi connectivity index (χ2n) is 4.99. The fourth-order valence-corrected chi connectivity index (χ4v) is 2.42. The van der Waals surface area contributed by atoms with Crippen LogP contribution in [0.4, 0.5) is 0 Å². The molecule has 0 aliphatic rings. The van der Waals surface area contributed by atoms with Gasteiger partial charge in [-0.2, -0.15) is 0 Å². The van der Waals surface area contributed by atoms with Gasteiger partial charge in [-0.3, -0.25) is 4.79 Å². The van der Waals surface area contributed by atoms with E-state index in [0.717, 1.165) is 0 Å². The summed E-state index contributed by atoms with van der Waals surface area (Å²) in [5, 5.41) is 29.3. The number of fused-ring (bicyclic) bond motifs is 1. The topological polar surface area (TPSA) is 109 Å². The minimum atomic E-state index is -0.653. The second kappa shape index (κ2) is 5.69. The zero-order chi connectivity index (χ0) is 17.4. The largest absolute Gasteiger partial charge is 0.504 e. The Bertz CT molecular complexity index is 988. The first-order chi connectivity index (χ1) is 11.5. The van der Waals surface area contributed by atoms with Crippen LogP contribution in [0.3, 0.4) is 0 Å². The van der Waals surface area contributed by atoms with E-state index in [0.29, 0.717) is 5.75 Å². The van der Waals surface area contributed by atoms with Crippen LogP contribution in [0.15, 0.2) is 39.5 Å². The van der Waals surface area contributed by atoms with Crippen LogP contribution in [0.5, 0.6) is 28.7 Å². The second-order valence-corrected chi connectivity index (χ2v) is 4.99. The molecule has 24 heavy (non-hydrogen) atoms. The van der Waals surface area contributed by atoms with Gasteiger partial charge >= 0.3 is 0 Å². The maximum absolute atomic E-state index is 12.4. The quantitative estimate of drug-likeness (QED) is 0.633. The molecule has 1 aromatic heterocycles. The standard InChI is InChI=1S/C17H14O7/c1-22-12-6-4-9-13(20)14(21)15(24-16(9)17(12)23-2)8-3-5-10(18)11(19)7-8/h3-7,18-19,21H,1-2H3. The molecule has 0 aliphatic heterocycles. The zero-order valence-electron chi connectivity index (χ0n) is 12.9. The van der Waals surface area contributed by atoms with E-state index in [9.17, 15) is 20.1 Å². The van der Waals surface area contributed by atoms with Crippen LogP contribution in [-0.4, -0.2) is 29.5 Å². The molecule has 3 N–H and O–H groups in total. The highest BCUT2D eigenvalue weighted by Gasteiger charge is 2.20. The van der Waals surface area contributed by atoms with Gasteiger partial charge in [-0.05, 0) is 30.3 Å². The van der Waals surface area contributed by atoms with Crippen molar-refractivity contribution in [3.63, 3.8) is 0 Å². The maximum Gasteiger partial charge on any atom is 0.235 e. The molecule has 0 spiro atoms. The van der Waals surface area contributed by atoms with Gasteiger partial charge in [-0.15, -0.1) is 0 Å². The Morgan fingerprint density at radius 2 is 1.71 bits per heavy atom. The van der Waals surface area contributed by atoms with Crippen LogP contribution < -0.4 is 14.9 Å². The number of phenolic OH excluding ortho intramolecular Hbond substituents is 2. The lowest BCUT2D eigenvalue weighted by Crippen LogP contribution is -2.04. The molecule has 0 fully saturated rings. The number of hydrogen-bond donors (Lipinski definition) is 3. The summed E-state index contributed by atoms with van der Waals surface area (Å²) in [5.74, 6) is -0.947. The van der Waals surface area contributed by atoms with Crippen molar-refractivity contribution in [2.24, 2.45) is 0 Å². The third-order valence-electron chi connectivity index (χ3n) is 3.62. The fraction of sp³-hybridized carbons (Fsp3) is 0.118. The SMILES string of the molecule is COc1ccc2c(=O)c(O)c(-c3ccc(O)c(O)c3)oc2c1OC. The maximum atomic E-state index is 12.4. The zero-order valence-corrected chi connectivity index (χ0v) is 12.9. The summed E-state index contributed by atoms with van der Waals surface area (Å²) >= 11 is 0. The molecule has 2 aromatic carbocycles. The van der Waals surface area contributed by atoms with Crippen LogP contribution >= 0.6 is 0 Å². The molecule has 0 radical (unpaired) electrons. The van der Waals surface area contributed by atoms with Gasteiger partial charge in [0.1, 0.15) is 0 Å². The first-order valence-electron chi connectivity index (χ1n) is 6.91. The molecule has 0 saturated heterocycles. The van der Waals surface area contributed by atoms with Crippen LogP contribution in [0.1, 0.15) is 0 Å². The lowest BCUT2D eigenvalue weighted by molar-refractivity contribution is 0.352. The highest BCUT2D eigenvalue weighted by Crippen LogP contribution is 2.40. The molecule has 0 atom stereocenters. The summed E-state index contributed by atoms with van der Waals surface area (Å²) in [4.78, 5) is 12.4. The van der Waals surface area contributed by atoms with Crippen LogP contribution in [0.25, 0.3) is 22.3 Å². The Balaban J connectivity index is 2.38. The highest BCUT2D eigenvalue weighted by molar-refractivity contribution is 5.88. The summed E-state index contributed by atoms with van der Waals surface area (Å²) in [6.45, 7) is 0. The van der Waals surface area contributed by atoms with Gasteiger partial charge in [0, 0.05) is 5.56 Å². The average Bonchev–Trinajstić information content (AvgIpc) is 2.59. The van der Waals surface area contributed by atoms with E-state index >= 15 is 0 Å². The summed E-state index contributed by atoms with van der Waals surface area (Å²) in [6.07, 6.45) is 0. The van der Waals surface area contributed by atoms with Crippen molar-refractivity contribution in [3.8, 4) is 40.1 Å². The lowest BCUT2D eigenvalue weighted by Gasteiger charge is -2.12. The van der Waals surface area contributed by atoms with E-state index in [4.69, 9.17) is 13.9 Å². The number of ether oxygens (including phenoxy) is 2. The first-order valence-corrected chi connectivity index (χ1v) is 6.91. The molecule has 124 valence electrons. The molecule has 0 bridgehead atoms. The van der Waals surface area contributed by atoms with Crippen molar-refractivity contribution in [1.82, 2.24) is 0 Å². The average molecular weight is 330 g/mol. The minimum Gasteiger partial charge on any atom is -0.504 e. The third-order valence-corrected chi connectivity index (χ3v) is 3.62. The van der Waals surface area contributed by atoms with E-state index in [1.54, 1.807) is 0 Å². The van der Waals surface area contributed by atoms with E-state index in [1.807, 2.05) is 0 Å². The number of aromatic hydroxyl groups is 3. The van der Waals surface area contributed by atoms with Crippen molar-refractivity contribution >= 4 is 11.0 Å². The Morgan fingerprint density at radius 3 is 2.33 bits per heavy atom. The number of rotatable bonds is 3. The van der Waals surface area contributed by atoms with Gasteiger partial charge in [0.25, 0.3) is 0 Å². The number of benzene rings is 2. The van der Waals surface area contributed by atoms with Gasteiger partial charge in [0.15, 0.2) is 28.6 Å². The van der Waals surface area contributed by atoms with Crippen molar-refractivity contribution in [3.05, 3.63) is 40.6 Å². The third kappa shape index (κ3) is 2.26. The molecule has 0 amide bonds. The highest BCUT2D eigenvalue weighted by atomic mass is 16.5. The van der Waals surface area contributed by atoms with E-state index in [2.05, 4.69) is 0 Å². The normalized spacial score (nSPS) is 10.8. The molecular formula is C17H14O7. The van der Waals surface area contributed by atoms with Crippen molar-refractivity contribution in [1.29, 1.82) is 0 Å². The van der Waals surface area contributed by atoms with Gasteiger partial charge in [0.05, 0.1) is 19.6 Å². The van der Waals surface area contributed by atoms with E-state index < -0.39 is 16.9 Å². The predicted octanol–water partition coefficient (Wildman–Crippen LogP) is 2.59. The van der Waals surface area contributed by atoms with Gasteiger partial charge in [-0.1, -0.05) is 0 Å². The smallest absolute Gasteiger partial charge is 0.235 e. The molecule has 7 heteroatoms. The van der Waals surface area contributed by atoms with E-state index in [1.165, 1.54) is 44.6 Å². The molecule has 0 aliphatic carbocycles. The van der Waals surface area contributed by atoms with Crippen molar-refractivity contribution < 1.29 is 29.2 Å². The van der Waals surface area contributed by atoms with Crippen molar-refractivity contribution in [2.45, 2.75) is 0 Å². The van der Waals surface area contributed by atoms with Gasteiger partial charge in [-0.25, -0.2) is 0 Å². The van der Waals surface area contributed by atoms with Gasteiger partial charge in [0.2, 0.25) is 16.9 Å². The Morgan fingerprint density at radius 1 is 0.958 bits per heavy atom. The van der Waals surface area contributed by atoms with Crippen LogP contribution in [0, 0.1) is 0 Å². The lowest BCUT2D eigenvalue weighted by atomic mass is 10.1. The molecule has 1 heterocycles. The Kier molecular flexibility index (Phi) is 3.69. The van der Waals surface area contributed by atoms with Gasteiger partial charge < -0.3 is 29.2 Å². The van der Waals surface area contributed by atoms with Crippen molar-refractivity contribution in [2.75, 3.05) is 14.2 Å². The molecule has 3 rings (SSSR count). The summed E-state index contributed by atoms with van der Waals surface area (Å²) in [5.41, 5.74) is -0.339. The minimum absolute atomic E-state index is 0.0993. The number of methoxy groups -OCH3 is 2.